The summed E-state index contributed by atoms with van der Waals surface area (Å²) < 4.78 is 5.30. The number of aryl methyl sites for hydroxylation is 1. The van der Waals surface area contributed by atoms with Gasteiger partial charge in [0.05, 0.1) is 5.69 Å². The van der Waals surface area contributed by atoms with Crippen molar-refractivity contribution in [2.24, 2.45) is 0 Å². The molecule has 2 N–H and O–H groups in total. The summed E-state index contributed by atoms with van der Waals surface area (Å²) in [7, 11) is 0. The molecule has 1 unspecified atom stereocenters. The number of rotatable bonds is 2. The molecule has 1 amide bonds. The number of aliphatic hydroxyl groups is 1. The zero-order valence-electron chi connectivity index (χ0n) is 11.4. The first-order valence-electron chi connectivity index (χ1n) is 6.56. The van der Waals surface area contributed by atoms with E-state index in [9.17, 15) is 9.90 Å². The SMILES string of the molecule is Cc1cccc(C(O)c2ccc3c(c2)NC(=O)CO3)c1Cl. The molecule has 3 rings (SSSR count). The van der Waals surface area contributed by atoms with E-state index in [1.807, 2.05) is 19.1 Å². The van der Waals surface area contributed by atoms with Gasteiger partial charge in [0.15, 0.2) is 6.61 Å². The molecule has 0 aromatic heterocycles. The van der Waals surface area contributed by atoms with E-state index in [2.05, 4.69) is 5.32 Å². The van der Waals surface area contributed by atoms with Crippen molar-refractivity contribution >= 4 is 23.2 Å². The van der Waals surface area contributed by atoms with Crippen molar-refractivity contribution in [3.63, 3.8) is 0 Å². The van der Waals surface area contributed by atoms with E-state index in [0.717, 1.165) is 5.56 Å². The first-order valence-corrected chi connectivity index (χ1v) is 6.94. The smallest absolute Gasteiger partial charge is 0.262 e. The molecule has 1 aliphatic rings. The van der Waals surface area contributed by atoms with Crippen molar-refractivity contribution in [1.29, 1.82) is 0 Å². The third-order valence-electron chi connectivity index (χ3n) is 3.47. The Hall–Kier alpha value is -2.04. The Morgan fingerprint density at radius 3 is 2.95 bits per heavy atom. The van der Waals surface area contributed by atoms with E-state index < -0.39 is 6.10 Å². The largest absolute Gasteiger partial charge is 0.482 e. The van der Waals surface area contributed by atoms with Crippen molar-refractivity contribution in [2.75, 3.05) is 11.9 Å². The molecule has 0 fully saturated rings. The van der Waals surface area contributed by atoms with Gasteiger partial charge in [-0.05, 0) is 30.2 Å². The molecule has 0 spiro atoms. The second-order valence-corrected chi connectivity index (χ2v) is 5.35. The predicted octanol–water partition coefficient (Wildman–Crippen LogP) is 3.06. The minimum Gasteiger partial charge on any atom is -0.482 e. The Bertz CT molecular complexity index is 715. The highest BCUT2D eigenvalue weighted by molar-refractivity contribution is 6.32. The zero-order chi connectivity index (χ0) is 15.0. The van der Waals surface area contributed by atoms with Crippen molar-refractivity contribution in [3.8, 4) is 5.75 Å². The molecule has 0 saturated heterocycles. The average molecular weight is 304 g/mol. The Labute approximate surface area is 127 Å². The maximum atomic E-state index is 11.4. The van der Waals surface area contributed by atoms with Crippen LogP contribution in [0.2, 0.25) is 5.02 Å². The summed E-state index contributed by atoms with van der Waals surface area (Å²) in [5, 5.41) is 13.8. The fourth-order valence-corrected chi connectivity index (χ4v) is 2.56. The molecule has 5 heteroatoms. The fourth-order valence-electron chi connectivity index (χ4n) is 2.33. The molecule has 0 bridgehead atoms. The van der Waals surface area contributed by atoms with Crippen LogP contribution in [-0.2, 0) is 4.79 Å². The lowest BCUT2D eigenvalue weighted by atomic mass is 9.99. The number of fused-ring (bicyclic) bond motifs is 1. The van der Waals surface area contributed by atoms with Gasteiger partial charge in [0, 0.05) is 10.6 Å². The Kier molecular flexibility index (Phi) is 3.57. The van der Waals surface area contributed by atoms with Gasteiger partial charge >= 0.3 is 0 Å². The number of hydrogen-bond donors (Lipinski definition) is 2. The van der Waals surface area contributed by atoms with Gasteiger partial charge < -0.3 is 15.2 Å². The quantitative estimate of drug-likeness (QED) is 0.896. The van der Waals surface area contributed by atoms with Gasteiger partial charge in [0.1, 0.15) is 11.9 Å². The first kappa shape index (κ1) is 13.9. The summed E-state index contributed by atoms with van der Waals surface area (Å²) in [4.78, 5) is 11.4. The number of nitrogens with one attached hydrogen (secondary N) is 1. The minimum absolute atomic E-state index is 0.0125. The van der Waals surface area contributed by atoms with E-state index in [1.165, 1.54) is 0 Å². The lowest BCUT2D eigenvalue weighted by Gasteiger charge is -2.20. The minimum atomic E-state index is -0.860. The highest BCUT2D eigenvalue weighted by atomic mass is 35.5. The summed E-state index contributed by atoms with van der Waals surface area (Å²) in [6, 6.07) is 10.7. The second kappa shape index (κ2) is 5.39. The molecule has 0 saturated carbocycles. The van der Waals surface area contributed by atoms with Crippen molar-refractivity contribution in [3.05, 3.63) is 58.1 Å². The number of carbonyl (C=O) groups is 1. The van der Waals surface area contributed by atoms with Crippen LogP contribution in [0.15, 0.2) is 36.4 Å². The highest BCUT2D eigenvalue weighted by Crippen LogP contribution is 2.35. The summed E-state index contributed by atoms with van der Waals surface area (Å²) in [5.74, 6) is 0.392. The molecular weight excluding hydrogens is 290 g/mol. The molecule has 2 aromatic carbocycles. The van der Waals surface area contributed by atoms with Gasteiger partial charge in [-0.25, -0.2) is 0 Å². The van der Waals surface area contributed by atoms with Gasteiger partial charge in [0.2, 0.25) is 0 Å². The second-order valence-electron chi connectivity index (χ2n) is 4.97. The van der Waals surface area contributed by atoms with Gasteiger partial charge in [-0.2, -0.15) is 0 Å². The van der Waals surface area contributed by atoms with Crippen LogP contribution in [0, 0.1) is 6.92 Å². The summed E-state index contributed by atoms with van der Waals surface area (Å²) in [5.41, 5.74) is 2.75. The molecule has 21 heavy (non-hydrogen) atoms. The van der Waals surface area contributed by atoms with Crippen LogP contribution >= 0.6 is 11.6 Å². The Morgan fingerprint density at radius 2 is 2.14 bits per heavy atom. The van der Waals surface area contributed by atoms with E-state index in [-0.39, 0.29) is 12.5 Å². The molecule has 4 nitrogen and oxygen atoms in total. The molecule has 1 heterocycles. The van der Waals surface area contributed by atoms with Crippen LogP contribution in [-0.4, -0.2) is 17.6 Å². The standard InChI is InChI=1S/C16H14ClNO3/c1-9-3-2-4-11(15(9)17)16(20)10-5-6-13-12(7-10)18-14(19)8-21-13/h2-7,16,20H,8H2,1H3,(H,18,19). The molecule has 0 radical (unpaired) electrons. The van der Waals surface area contributed by atoms with Gasteiger partial charge in [0.25, 0.3) is 5.91 Å². The lowest BCUT2D eigenvalue weighted by molar-refractivity contribution is -0.118. The molecular formula is C16H14ClNO3. The van der Waals surface area contributed by atoms with Crippen molar-refractivity contribution in [2.45, 2.75) is 13.0 Å². The number of amides is 1. The van der Waals surface area contributed by atoms with Crippen molar-refractivity contribution < 1.29 is 14.6 Å². The predicted molar refractivity (Wildman–Crippen MR) is 80.8 cm³/mol. The number of halogens is 1. The van der Waals surface area contributed by atoms with Gasteiger partial charge in [-0.1, -0.05) is 35.9 Å². The fraction of sp³-hybridized carbons (Fsp3) is 0.188. The third kappa shape index (κ3) is 2.60. The number of benzene rings is 2. The van der Waals surface area contributed by atoms with Crippen LogP contribution in [0.5, 0.6) is 5.75 Å². The summed E-state index contributed by atoms with van der Waals surface area (Å²) in [6.45, 7) is 1.90. The Morgan fingerprint density at radius 1 is 1.33 bits per heavy atom. The highest BCUT2D eigenvalue weighted by Gasteiger charge is 2.20. The van der Waals surface area contributed by atoms with Gasteiger partial charge in [-0.3, -0.25) is 4.79 Å². The van der Waals surface area contributed by atoms with Crippen LogP contribution in [0.1, 0.15) is 22.8 Å². The van der Waals surface area contributed by atoms with E-state index in [4.69, 9.17) is 16.3 Å². The maximum Gasteiger partial charge on any atom is 0.262 e. The molecule has 1 aliphatic heterocycles. The molecule has 2 aromatic rings. The number of anilines is 1. The third-order valence-corrected chi connectivity index (χ3v) is 3.98. The molecule has 1 atom stereocenters. The number of aliphatic hydroxyl groups excluding tert-OH is 1. The summed E-state index contributed by atoms with van der Waals surface area (Å²) >= 11 is 6.25. The molecule has 108 valence electrons. The van der Waals surface area contributed by atoms with E-state index in [1.54, 1.807) is 24.3 Å². The van der Waals surface area contributed by atoms with Gasteiger partial charge in [-0.15, -0.1) is 0 Å². The Balaban J connectivity index is 1.98. The monoisotopic (exact) mass is 303 g/mol. The number of hydrogen-bond acceptors (Lipinski definition) is 3. The average Bonchev–Trinajstić information content (AvgIpc) is 2.48. The van der Waals surface area contributed by atoms with Crippen molar-refractivity contribution in [1.82, 2.24) is 0 Å². The zero-order valence-corrected chi connectivity index (χ0v) is 12.1. The van der Waals surface area contributed by atoms with Crippen LogP contribution < -0.4 is 10.1 Å². The normalized spacial score (nSPS) is 14.9. The number of carbonyl (C=O) groups excluding carboxylic acids is 1. The lowest BCUT2D eigenvalue weighted by Crippen LogP contribution is -2.25. The molecule has 0 aliphatic carbocycles. The number of ether oxygens (including phenoxy) is 1. The van der Waals surface area contributed by atoms with Crippen LogP contribution in [0.3, 0.4) is 0 Å². The summed E-state index contributed by atoms with van der Waals surface area (Å²) in [6.07, 6.45) is -0.860. The van der Waals surface area contributed by atoms with Crippen LogP contribution in [0.25, 0.3) is 0 Å². The van der Waals surface area contributed by atoms with E-state index >= 15 is 0 Å². The first-order chi connectivity index (χ1) is 10.1. The topological polar surface area (TPSA) is 58.6 Å². The van der Waals surface area contributed by atoms with Crippen LogP contribution in [0.4, 0.5) is 5.69 Å². The maximum absolute atomic E-state index is 11.4. The van der Waals surface area contributed by atoms with E-state index in [0.29, 0.717) is 27.6 Å².